The Bertz CT molecular complexity index is 1410. The van der Waals surface area contributed by atoms with Crippen molar-refractivity contribution < 1.29 is 34.0 Å². The lowest BCUT2D eigenvalue weighted by molar-refractivity contribution is -0.196. The van der Waals surface area contributed by atoms with Crippen LogP contribution in [0.4, 0.5) is 4.79 Å². The highest BCUT2D eigenvalue weighted by Crippen LogP contribution is 2.89. The minimum Gasteiger partial charge on any atom is -0.454 e. The molecule has 272 valence electrons. The molecule has 0 radical (unpaired) electrons. The molecule has 3 heterocycles. The first-order chi connectivity index (χ1) is 23.2. The second kappa shape index (κ2) is 11.5. The first-order valence-corrected chi connectivity index (χ1v) is 19.2. The fraction of sp³-hybridized carbons (Fsp3) is 0.872. The topological polar surface area (TPSA) is 123 Å². The third-order valence-corrected chi connectivity index (χ3v) is 15.9. The van der Waals surface area contributed by atoms with Crippen molar-refractivity contribution in [1.29, 1.82) is 0 Å². The Morgan fingerprint density at radius 3 is 2.43 bits per heavy atom. The van der Waals surface area contributed by atoms with Gasteiger partial charge in [-0.25, -0.2) is 14.8 Å². The molecule has 7 fully saturated rings. The van der Waals surface area contributed by atoms with E-state index in [0.717, 1.165) is 38.5 Å². The highest BCUT2D eigenvalue weighted by Gasteiger charge is 2.85. The SMILES string of the molecule is CC1[C@]23CC[C@H](OC(=O)N4CCOCC4)C(C)(C)C2CC[C@H]2C4[C@@H](O)[C@H]5O[C@@H]([C@H](Oc6ncccn6)C(C)(C)O)C[C@@H](C)C5[C@@]4(C)CC[C@]123. The van der Waals surface area contributed by atoms with E-state index in [1.54, 1.807) is 32.3 Å². The largest absolute Gasteiger partial charge is 0.454 e. The summed E-state index contributed by atoms with van der Waals surface area (Å²) in [6.07, 6.45) is 8.28. The van der Waals surface area contributed by atoms with Gasteiger partial charge in [0.05, 0.1) is 37.1 Å². The van der Waals surface area contributed by atoms with Crippen LogP contribution in [0.2, 0.25) is 0 Å². The van der Waals surface area contributed by atoms with E-state index >= 15 is 0 Å². The van der Waals surface area contributed by atoms with Gasteiger partial charge in [-0.3, -0.25) is 0 Å². The number of aliphatic hydroxyl groups excluding tert-OH is 1. The summed E-state index contributed by atoms with van der Waals surface area (Å²) in [6, 6.07) is 1.97. The van der Waals surface area contributed by atoms with Crippen molar-refractivity contribution in [3.8, 4) is 6.01 Å². The number of ether oxygens (including phenoxy) is 4. The minimum atomic E-state index is -1.20. The minimum absolute atomic E-state index is 0.0191. The van der Waals surface area contributed by atoms with Gasteiger partial charge >= 0.3 is 12.1 Å². The molecule has 4 unspecified atom stereocenters. The molecule has 14 atom stereocenters. The number of amides is 1. The standard InChI is InChI=1S/C39H59N3O7/c1-22-21-25(32(36(5,6)45)49-33-40-15-8-16-41-33)47-31-28(22)37(7)13-14-38-23(2)39(38)12-11-27(48-34(44)42-17-19-46-20-18-42)35(3,4)26(39)10-9-24(38)29(37)30(31)43/h8,15-16,22-32,43,45H,9-14,17-21H2,1-7H3/t22-,23?,24+,25-,26?,27+,28?,29?,30-,31+,32+,37-,38+,39-/m1/s1. The number of carbonyl (C=O) groups is 1. The van der Waals surface area contributed by atoms with Crippen LogP contribution in [-0.2, 0) is 14.2 Å². The summed E-state index contributed by atoms with van der Waals surface area (Å²) in [5.74, 6) is 2.21. The monoisotopic (exact) mass is 681 g/mol. The fourth-order valence-corrected chi connectivity index (χ4v) is 14.1. The molecule has 2 N–H and O–H groups in total. The van der Waals surface area contributed by atoms with Crippen molar-refractivity contribution in [2.75, 3.05) is 26.3 Å². The van der Waals surface area contributed by atoms with Gasteiger partial charge in [-0.15, -0.1) is 0 Å². The maximum atomic E-state index is 13.2. The highest BCUT2D eigenvalue weighted by atomic mass is 16.6. The van der Waals surface area contributed by atoms with Crippen molar-refractivity contribution in [2.24, 2.45) is 57.2 Å². The van der Waals surface area contributed by atoms with E-state index in [0.29, 0.717) is 50.0 Å². The number of hydrogen-bond donors (Lipinski definition) is 2. The van der Waals surface area contributed by atoms with E-state index in [4.69, 9.17) is 18.9 Å². The maximum absolute atomic E-state index is 13.2. The third-order valence-electron chi connectivity index (χ3n) is 15.9. The molecule has 0 aromatic carbocycles. The van der Waals surface area contributed by atoms with Gasteiger partial charge in [-0.05, 0) is 117 Å². The second-order valence-corrected chi connectivity index (χ2v) is 18.5. The lowest BCUT2D eigenvalue weighted by atomic mass is 9.46. The molecule has 8 rings (SSSR count). The molecule has 1 aromatic rings. The molecule has 7 aliphatic rings. The average Bonchev–Trinajstić information content (AvgIpc) is 3.50. The van der Waals surface area contributed by atoms with E-state index in [2.05, 4.69) is 44.6 Å². The van der Waals surface area contributed by atoms with Crippen LogP contribution in [0.25, 0.3) is 0 Å². The average molecular weight is 682 g/mol. The van der Waals surface area contributed by atoms with Crippen LogP contribution in [0.1, 0.15) is 93.4 Å². The molecule has 5 aliphatic carbocycles. The predicted octanol–water partition coefficient (Wildman–Crippen LogP) is 5.50. The van der Waals surface area contributed by atoms with Crippen LogP contribution in [0.3, 0.4) is 0 Å². The van der Waals surface area contributed by atoms with E-state index < -0.39 is 23.9 Å². The summed E-state index contributed by atoms with van der Waals surface area (Å²) in [6.45, 7) is 17.8. The Morgan fingerprint density at radius 2 is 1.73 bits per heavy atom. The first-order valence-electron chi connectivity index (χ1n) is 19.2. The number of fused-ring (bicyclic) bond motifs is 4. The lowest BCUT2D eigenvalue weighted by Crippen LogP contribution is -2.57. The van der Waals surface area contributed by atoms with E-state index in [9.17, 15) is 15.0 Å². The first kappa shape index (κ1) is 34.1. The van der Waals surface area contributed by atoms with Crippen LogP contribution in [0, 0.1) is 57.2 Å². The van der Waals surface area contributed by atoms with Crippen LogP contribution in [0.15, 0.2) is 18.5 Å². The number of aliphatic hydroxyl groups is 2. The van der Waals surface area contributed by atoms with Gasteiger partial charge in [0.15, 0.2) is 6.10 Å². The van der Waals surface area contributed by atoms with Crippen LogP contribution >= 0.6 is 0 Å². The number of morpholine rings is 1. The Balaban J connectivity index is 1.04. The van der Waals surface area contributed by atoms with Crippen LogP contribution in [-0.4, -0.2) is 93.6 Å². The molecule has 0 bridgehead atoms. The summed E-state index contributed by atoms with van der Waals surface area (Å²) in [4.78, 5) is 23.6. The Kier molecular flexibility index (Phi) is 8.00. The molecule has 5 saturated carbocycles. The van der Waals surface area contributed by atoms with Gasteiger partial charge in [0, 0.05) is 30.9 Å². The molecular weight excluding hydrogens is 622 g/mol. The van der Waals surface area contributed by atoms with Crippen molar-refractivity contribution in [2.45, 2.75) is 130 Å². The lowest BCUT2D eigenvalue weighted by Gasteiger charge is -2.59. The number of aromatic nitrogens is 2. The molecule has 10 heteroatoms. The summed E-state index contributed by atoms with van der Waals surface area (Å²) in [7, 11) is 0. The Hall–Kier alpha value is -2.01. The number of carbonyl (C=O) groups excluding carboxylic acids is 1. The van der Waals surface area contributed by atoms with Gasteiger partial charge in [0.25, 0.3) is 0 Å². The van der Waals surface area contributed by atoms with Crippen molar-refractivity contribution >= 4 is 6.09 Å². The van der Waals surface area contributed by atoms with Crippen molar-refractivity contribution in [1.82, 2.24) is 14.9 Å². The molecule has 1 aromatic heterocycles. The Morgan fingerprint density at radius 1 is 1.02 bits per heavy atom. The summed E-state index contributed by atoms with van der Waals surface area (Å²) in [5.41, 5.74) is -0.908. The normalized spacial score (nSPS) is 47.4. The van der Waals surface area contributed by atoms with Gasteiger partial charge in [-0.2, -0.15) is 0 Å². The maximum Gasteiger partial charge on any atom is 0.410 e. The smallest absolute Gasteiger partial charge is 0.410 e. The predicted molar refractivity (Wildman–Crippen MR) is 181 cm³/mol. The third kappa shape index (κ3) is 4.74. The summed E-state index contributed by atoms with van der Waals surface area (Å²) in [5, 5.41) is 23.8. The van der Waals surface area contributed by atoms with E-state index in [1.165, 1.54) is 6.42 Å². The van der Waals surface area contributed by atoms with E-state index in [-0.39, 0.29) is 57.8 Å². The quantitative estimate of drug-likeness (QED) is 0.415. The van der Waals surface area contributed by atoms with Crippen molar-refractivity contribution in [3.05, 3.63) is 18.5 Å². The number of nitrogens with zero attached hydrogens (tertiary/aromatic N) is 3. The van der Waals surface area contributed by atoms with Crippen molar-refractivity contribution in [3.63, 3.8) is 0 Å². The fourth-order valence-electron chi connectivity index (χ4n) is 14.1. The molecule has 2 aliphatic heterocycles. The summed E-state index contributed by atoms with van der Waals surface area (Å²) < 4.78 is 25.0. The van der Waals surface area contributed by atoms with Gasteiger partial charge < -0.3 is 34.1 Å². The van der Waals surface area contributed by atoms with E-state index in [1.807, 2.05) is 4.90 Å². The number of hydrogen-bond acceptors (Lipinski definition) is 9. The molecule has 1 amide bonds. The van der Waals surface area contributed by atoms with Gasteiger partial charge in [-0.1, -0.05) is 34.6 Å². The molecular formula is C39H59N3O7. The van der Waals surface area contributed by atoms with Gasteiger partial charge in [0.2, 0.25) is 0 Å². The van der Waals surface area contributed by atoms with Gasteiger partial charge in [0.1, 0.15) is 6.10 Å². The van der Waals surface area contributed by atoms with Crippen LogP contribution in [0.5, 0.6) is 6.01 Å². The second-order valence-electron chi connectivity index (χ2n) is 18.5. The zero-order valence-corrected chi connectivity index (χ0v) is 30.6. The molecule has 49 heavy (non-hydrogen) atoms. The molecule has 2 spiro atoms. The molecule has 2 saturated heterocycles. The zero-order chi connectivity index (χ0) is 34.7. The number of rotatable bonds is 5. The summed E-state index contributed by atoms with van der Waals surface area (Å²) >= 11 is 0. The highest BCUT2D eigenvalue weighted by molar-refractivity contribution is 5.68. The van der Waals surface area contributed by atoms with Crippen LogP contribution < -0.4 is 4.74 Å². The molecule has 10 nitrogen and oxygen atoms in total. The Labute approximate surface area is 292 Å². The zero-order valence-electron chi connectivity index (χ0n) is 30.6.